The van der Waals surface area contributed by atoms with E-state index in [-0.39, 0.29) is 0 Å². The van der Waals surface area contributed by atoms with Crippen molar-refractivity contribution in [3.05, 3.63) is 28.7 Å². The number of aromatic nitrogens is 2. The number of nitrogens with two attached hydrogens (primary N) is 1. The molecule has 0 aliphatic rings. The van der Waals surface area contributed by atoms with E-state index in [0.29, 0.717) is 5.82 Å². The summed E-state index contributed by atoms with van der Waals surface area (Å²) >= 11 is 3.38. The fraction of sp³-hybridized carbons (Fsp3) is 0.100. The molecule has 0 saturated heterocycles. The first-order valence-electron chi connectivity index (χ1n) is 4.51. The molecule has 0 atom stereocenters. The van der Waals surface area contributed by atoms with Crippen LogP contribution in [0.3, 0.4) is 0 Å². The van der Waals surface area contributed by atoms with Crippen LogP contribution in [-0.2, 0) is 0 Å². The quantitative estimate of drug-likeness (QED) is 0.704. The van der Waals surface area contributed by atoms with E-state index in [1.165, 1.54) is 16.1 Å². The van der Waals surface area contributed by atoms with Crippen LogP contribution in [0.4, 0.5) is 5.82 Å². The Kier molecular flexibility index (Phi) is 1.83. The van der Waals surface area contributed by atoms with Crippen molar-refractivity contribution in [2.24, 2.45) is 0 Å². The van der Waals surface area contributed by atoms with Gasteiger partial charge in [-0.05, 0) is 23.9 Å². The molecule has 3 aromatic heterocycles. The van der Waals surface area contributed by atoms with Crippen molar-refractivity contribution < 1.29 is 0 Å². The van der Waals surface area contributed by atoms with Gasteiger partial charge in [-0.15, -0.1) is 22.7 Å². The lowest BCUT2D eigenvalue weighted by Gasteiger charge is -1.92. The molecule has 0 saturated carbocycles. The van der Waals surface area contributed by atoms with Gasteiger partial charge in [0, 0.05) is 5.38 Å². The summed E-state index contributed by atoms with van der Waals surface area (Å²) in [7, 11) is 0. The van der Waals surface area contributed by atoms with Gasteiger partial charge in [0.15, 0.2) is 5.82 Å². The molecule has 5 heteroatoms. The highest BCUT2D eigenvalue weighted by molar-refractivity contribution is 7.17. The van der Waals surface area contributed by atoms with Crippen LogP contribution in [0.2, 0.25) is 0 Å². The smallest absolute Gasteiger partial charge is 0.160 e. The van der Waals surface area contributed by atoms with Gasteiger partial charge in [0.25, 0.3) is 0 Å². The van der Waals surface area contributed by atoms with Crippen LogP contribution in [0.25, 0.3) is 15.4 Å². The zero-order chi connectivity index (χ0) is 10.4. The lowest BCUT2D eigenvalue weighted by Crippen LogP contribution is -1.82. The fourth-order valence-electron chi connectivity index (χ4n) is 1.55. The van der Waals surface area contributed by atoms with Crippen molar-refractivity contribution in [2.75, 3.05) is 5.73 Å². The highest BCUT2D eigenvalue weighted by Crippen LogP contribution is 2.32. The molecule has 3 heterocycles. The Bertz CT molecular complexity index is 617. The van der Waals surface area contributed by atoms with Crippen molar-refractivity contribution in [3.8, 4) is 10.6 Å². The first kappa shape index (κ1) is 8.94. The van der Waals surface area contributed by atoms with Crippen LogP contribution >= 0.6 is 22.7 Å². The molecule has 0 aromatic carbocycles. The molecule has 0 aliphatic heterocycles. The van der Waals surface area contributed by atoms with Crippen LogP contribution in [0.1, 0.15) is 5.56 Å². The maximum atomic E-state index is 5.75. The average Bonchev–Trinajstić information content (AvgIpc) is 2.84. The molecule has 0 spiro atoms. The number of hydrogen-bond acceptors (Lipinski definition) is 4. The van der Waals surface area contributed by atoms with E-state index < -0.39 is 0 Å². The number of anilines is 1. The average molecular weight is 235 g/mol. The zero-order valence-corrected chi connectivity index (χ0v) is 9.73. The van der Waals surface area contributed by atoms with Crippen molar-refractivity contribution in [1.82, 2.24) is 9.38 Å². The number of rotatable bonds is 1. The highest BCUT2D eigenvalue weighted by atomic mass is 32.1. The van der Waals surface area contributed by atoms with E-state index in [4.69, 9.17) is 5.73 Å². The van der Waals surface area contributed by atoms with Gasteiger partial charge in [0.1, 0.15) is 11.2 Å². The van der Waals surface area contributed by atoms with E-state index in [0.717, 1.165) is 4.83 Å². The highest BCUT2D eigenvalue weighted by Gasteiger charge is 2.10. The van der Waals surface area contributed by atoms with Crippen molar-refractivity contribution in [3.63, 3.8) is 0 Å². The largest absolute Gasteiger partial charge is 0.381 e. The second kappa shape index (κ2) is 3.08. The minimum absolute atomic E-state index is 0.611. The Morgan fingerprint density at radius 1 is 1.33 bits per heavy atom. The molecule has 0 radical (unpaired) electrons. The molecule has 76 valence electrons. The van der Waals surface area contributed by atoms with Gasteiger partial charge in [-0.3, -0.25) is 4.40 Å². The van der Waals surface area contributed by atoms with Gasteiger partial charge in [-0.1, -0.05) is 0 Å². The summed E-state index contributed by atoms with van der Waals surface area (Å²) in [5.74, 6) is 0.611. The van der Waals surface area contributed by atoms with Gasteiger partial charge in [0.2, 0.25) is 0 Å². The molecule has 0 amide bonds. The topological polar surface area (TPSA) is 43.3 Å². The number of nitrogens with zero attached hydrogens (tertiary/aromatic N) is 2. The molecule has 3 nitrogen and oxygen atoms in total. The molecule has 2 N–H and O–H groups in total. The lowest BCUT2D eigenvalue weighted by atomic mass is 10.3. The lowest BCUT2D eigenvalue weighted by molar-refractivity contribution is 1.19. The first-order chi connectivity index (χ1) is 7.25. The number of fused-ring (bicyclic) bond motifs is 1. The molecule has 0 fully saturated rings. The summed E-state index contributed by atoms with van der Waals surface area (Å²) in [5.41, 5.74) is 8.23. The first-order valence-corrected chi connectivity index (χ1v) is 6.27. The monoisotopic (exact) mass is 235 g/mol. The third-order valence-corrected chi connectivity index (χ3v) is 4.32. The minimum Gasteiger partial charge on any atom is -0.381 e. The standard InChI is InChI=1S/C10H9N3S2/c1-6-2-8(14-3-6)7-4-15-10-9(11)12-5-13(7)10/h2-5H,11H2,1H3. The summed E-state index contributed by atoms with van der Waals surface area (Å²) in [6.45, 7) is 2.10. The third kappa shape index (κ3) is 1.27. The van der Waals surface area contributed by atoms with Crippen LogP contribution in [-0.4, -0.2) is 9.38 Å². The van der Waals surface area contributed by atoms with Gasteiger partial charge < -0.3 is 5.73 Å². The van der Waals surface area contributed by atoms with E-state index in [1.54, 1.807) is 29.0 Å². The maximum Gasteiger partial charge on any atom is 0.160 e. The van der Waals surface area contributed by atoms with Crippen molar-refractivity contribution >= 4 is 33.3 Å². The molecular formula is C10H9N3S2. The number of hydrogen-bond donors (Lipinski definition) is 1. The predicted molar refractivity (Wildman–Crippen MR) is 65.5 cm³/mol. The Morgan fingerprint density at radius 3 is 2.93 bits per heavy atom. The van der Waals surface area contributed by atoms with E-state index in [9.17, 15) is 0 Å². The van der Waals surface area contributed by atoms with Crippen molar-refractivity contribution in [2.45, 2.75) is 6.92 Å². The summed E-state index contributed by atoms with van der Waals surface area (Å²) in [4.78, 5) is 6.39. The molecular weight excluding hydrogens is 226 g/mol. The van der Waals surface area contributed by atoms with E-state index >= 15 is 0 Å². The number of aryl methyl sites for hydroxylation is 1. The van der Waals surface area contributed by atoms with Crippen LogP contribution in [0, 0.1) is 6.92 Å². The second-order valence-electron chi connectivity index (χ2n) is 3.41. The minimum atomic E-state index is 0.611. The Morgan fingerprint density at radius 2 is 2.20 bits per heavy atom. The van der Waals surface area contributed by atoms with Crippen LogP contribution < -0.4 is 5.73 Å². The molecule has 15 heavy (non-hydrogen) atoms. The summed E-state index contributed by atoms with van der Waals surface area (Å²) in [6, 6.07) is 2.18. The zero-order valence-electron chi connectivity index (χ0n) is 8.10. The number of imidazole rings is 1. The molecule has 0 unspecified atom stereocenters. The molecule has 0 aliphatic carbocycles. The molecule has 3 aromatic rings. The predicted octanol–water partition coefficient (Wildman–Crippen LogP) is 3.01. The van der Waals surface area contributed by atoms with Crippen LogP contribution in [0.5, 0.6) is 0 Å². The van der Waals surface area contributed by atoms with Crippen molar-refractivity contribution in [1.29, 1.82) is 0 Å². The summed E-state index contributed by atoms with van der Waals surface area (Å²) in [5, 5.41) is 4.28. The Labute approximate surface area is 94.8 Å². The van der Waals surface area contributed by atoms with Gasteiger partial charge >= 0.3 is 0 Å². The fourth-order valence-corrected chi connectivity index (χ4v) is 3.43. The second-order valence-corrected chi connectivity index (χ2v) is 5.18. The maximum absolute atomic E-state index is 5.75. The van der Waals surface area contributed by atoms with E-state index in [2.05, 4.69) is 28.7 Å². The Hall–Kier alpha value is -1.33. The van der Waals surface area contributed by atoms with Gasteiger partial charge in [-0.2, -0.15) is 0 Å². The van der Waals surface area contributed by atoms with Gasteiger partial charge in [-0.25, -0.2) is 4.98 Å². The number of thiophene rings is 1. The van der Waals surface area contributed by atoms with E-state index in [1.807, 2.05) is 4.40 Å². The number of nitrogen functional groups attached to an aromatic ring is 1. The summed E-state index contributed by atoms with van der Waals surface area (Å²) in [6.07, 6.45) is 1.78. The number of thiazole rings is 1. The van der Waals surface area contributed by atoms with Gasteiger partial charge in [0.05, 0.1) is 10.6 Å². The normalized spacial score (nSPS) is 11.3. The summed E-state index contributed by atoms with van der Waals surface area (Å²) < 4.78 is 2.05. The SMILES string of the molecule is Cc1csc(-c2csc3c(N)ncn23)c1. The third-order valence-electron chi connectivity index (χ3n) is 2.27. The Balaban J connectivity index is 2.27. The molecule has 3 rings (SSSR count). The van der Waals surface area contributed by atoms with Crippen LogP contribution in [0.15, 0.2) is 23.2 Å². The molecule has 0 bridgehead atoms.